The third-order valence-electron chi connectivity index (χ3n) is 3.50. The van der Waals surface area contributed by atoms with E-state index in [1.807, 2.05) is 0 Å². The van der Waals surface area contributed by atoms with Gasteiger partial charge >= 0.3 is 5.97 Å². The summed E-state index contributed by atoms with van der Waals surface area (Å²) in [6.45, 7) is 0.468. The Balaban J connectivity index is 2.26. The molecule has 0 bridgehead atoms. The maximum atomic E-state index is 12.5. The molecule has 2 rings (SSSR count). The van der Waals surface area contributed by atoms with E-state index >= 15 is 0 Å². The van der Waals surface area contributed by atoms with Crippen molar-refractivity contribution < 1.29 is 19.5 Å². The molecule has 21 heavy (non-hydrogen) atoms. The molecule has 0 radical (unpaired) electrons. The molecule has 1 fully saturated rings. The van der Waals surface area contributed by atoms with Gasteiger partial charge in [0.2, 0.25) is 5.91 Å². The molecule has 1 atom stereocenters. The molecule has 0 saturated carbocycles. The van der Waals surface area contributed by atoms with Crippen LogP contribution < -0.4 is 5.32 Å². The highest BCUT2D eigenvalue weighted by atomic mass is 16.4. The third-order valence-corrected chi connectivity index (χ3v) is 3.50. The summed E-state index contributed by atoms with van der Waals surface area (Å²) in [4.78, 5) is 40.6. The Morgan fingerprint density at radius 3 is 2.67 bits per heavy atom. The van der Waals surface area contributed by atoms with E-state index in [0.717, 1.165) is 12.8 Å². The molecule has 7 heteroatoms. The fourth-order valence-corrected chi connectivity index (χ4v) is 2.43. The maximum absolute atomic E-state index is 12.5. The smallest absolute Gasteiger partial charge is 0.354 e. The number of nitrogens with zero attached hydrogens (tertiary/aromatic N) is 2. The number of aromatic carboxylic acids is 1. The van der Waals surface area contributed by atoms with E-state index in [1.165, 1.54) is 30.1 Å². The number of pyridine rings is 1. The fraction of sp³-hybridized carbons (Fsp3) is 0.429. The van der Waals surface area contributed by atoms with Gasteiger partial charge in [0.1, 0.15) is 17.4 Å². The molecule has 2 heterocycles. The lowest BCUT2D eigenvalue weighted by Crippen LogP contribution is -2.51. The first-order valence-electron chi connectivity index (χ1n) is 6.77. The first-order valence-corrected chi connectivity index (χ1v) is 6.77. The average molecular weight is 291 g/mol. The summed E-state index contributed by atoms with van der Waals surface area (Å²) in [6, 6.07) is 3.74. The van der Waals surface area contributed by atoms with Crippen molar-refractivity contribution in [1.82, 2.24) is 15.2 Å². The zero-order valence-electron chi connectivity index (χ0n) is 11.7. The van der Waals surface area contributed by atoms with E-state index in [4.69, 9.17) is 5.11 Å². The number of likely N-dealkylation sites (N-methyl/N-ethyl adjacent to an activating group) is 1. The van der Waals surface area contributed by atoms with Crippen LogP contribution in [0.2, 0.25) is 0 Å². The normalized spacial score (nSPS) is 18.1. The average Bonchev–Trinajstić information content (AvgIpc) is 2.53. The molecule has 2 amide bonds. The summed E-state index contributed by atoms with van der Waals surface area (Å²) in [7, 11) is 1.53. The van der Waals surface area contributed by atoms with Gasteiger partial charge in [-0.3, -0.25) is 9.59 Å². The second-order valence-electron chi connectivity index (χ2n) is 4.84. The first-order chi connectivity index (χ1) is 10.0. The Hall–Kier alpha value is -2.44. The number of carbonyl (C=O) groups is 3. The zero-order valence-corrected chi connectivity index (χ0v) is 11.7. The summed E-state index contributed by atoms with van der Waals surface area (Å²) in [5.41, 5.74) is -0.139. The van der Waals surface area contributed by atoms with Gasteiger partial charge in [-0.15, -0.1) is 0 Å². The quantitative estimate of drug-likeness (QED) is 0.845. The van der Waals surface area contributed by atoms with E-state index in [0.29, 0.717) is 13.0 Å². The summed E-state index contributed by atoms with van der Waals surface area (Å²) in [6.07, 6.45) is 2.30. The Kier molecular flexibility index (Phi) is 4.52. The number of likely N-dealkylation sites (tertiary alicyclic amines) is 1. The van der Waals surface area contributed by atoms with Crippen LogP contribution >= 0.6 is 0 Å². The van der Waals surface area contributed by atoms with E-state index in [1.54, 1.807) is 0 Å². The summed E-state index contributed by atoms with van der Waals surface area (Å²) >= 11 is 0. The maximum Gasteiger partial charge on any atom is 0.354 e. The molecule has 0 aliphatic carbocycles. The third kappa shape index (κ3) is 3.18. The van der Waals surface area contributed by atoms with E-state index in [9.17, 15) is 14.4 Å². The highest BCUT2D eigenvalue weighted by Crippen LogP contribution is 2.19. The van der Waals surface area contributed by atoms with E-state index in [2.05, 4.69) is 10.3 Å². The van der Waals surface area contributed by atoms with Crippen molar-refractivity contribution in [2.75, 3.05) is 13.6 Å². The minimum Gasteiger partial charge on any atom is -0.477 e. The molecule has 0 aromatic carbocycles. The topological polar surface area (TPSA) is 99.6 Å². The second-order valence-corrected chi connectivity index (χ2v) is 4.84. The van der Waals surface area contributed by atoms with Crippen molar-refractivity contribution in [3.63, 3.8) is 0 Å². The van der Waals surface area contributed by atoms with E-state index in [-0.39, 0.29) is 17.3 Å². The van der Waals surface area contributed by atoms with Crippen molar-refractivity contribution in [3.8, 4) is 0 Å². The molecule has 7 nitrogen and oxygen atoms in total. The second kappa shape index (κ2) is 6.34. The molecule has 1 unspecified atom stereocenters. The Bertz CT molecular complexity index is 573. The number of amides is 2. The Morgan fingerprint density at radius 1 is 1.29 bits per heavy atom. The predicted octanol–water partition coefficient (Wildman–Crippen LogP) is 0.520. The predicted molar refractivity (Wildman–Crippen MR) is 73.9 cm³/mol. The van der Waals surface area contributed by atoms with Gasteiger partial charge in [0, 0.05) is 13.6 Å². The molecule has 1 saturated heterocycles. The van der Waals surface area contributed by atoms with Crippen LogP contribution in [0.1, 0.15) is 40.2 Å². The lowest BCUT2D eigenvalue weighted by atomic mass is 10.0. The van der Waals surface area contributed by atoms with Gasteiger partial charge in [0.25, 0.3) is 5.91 Å². The number of carboxylic acids is 1. The highest BCUT2D eigenvalue weighted by molar-refractivity contribution is 5.97. The van der Waals surface area contributed by atoms with Crippen LogP contribution in [-0.4, -0.2) is 52.4 Å². The largest absolute Gasteiger partial charge is 0.477 e. The van der Waals surface area contributed by atoms with Crippen molar-refractivity contribution in [1.29, 1.82) is 0 Å². The summed E-state index contributed by atoms with van der Waals surface area (Å²) in [5, 5.41) is 11.5. The van der Waals surface area contributed by atoms with Gasteiger partial charge in [-0.05, 0) is 31.4 Å². The van der Waals surface area contributed by atoms with Crippen molar-refractivity contribution in [2.24, 2.45) is 0 Å². The molecule has 1 aliphatic rings. The molecule has 0 spiro atoms. The highest BCUT2D eigenvalue weighted by Gasteiger charge is 2.32. The minimum atomic E-state index is -1.19. The number of piperidine rings is 1. The number of carbonyl (C=O) groups excluding carboxylic acids is 2. The fourth-order valence-electron chi connectivity index (χ4n) is 2.43. The molecular formula is C14H17N3O4. The first kappa shape index (κ1) is 15.0. The van der Waals surface area contributed by atoms with Gasteiger partial charge in [-0.25, -0.2) is 9.78 Å². The molecule has 1 aliphatic heterocycles. The number of carboxylic acid groups (broad SMARTS) is 1. The number of aromatic nitrogens is 1. The number of hydrogen-bond acceptors (Lipinski definition) is 4. The van der Waals surface area contributed by atoms with Gasteiger partial charge in [-0.1, -0.05) is 6.07 Å². The van der Waals surface area contributed by atoms with Gasteiger partial charge in [0.15, 0.2) is 0 Å². The van der Waals surface area contributed by atoms with Crippen molar-refractivity contribution in [3.05, 3.63) is 29.6 Å². The molecule has 1 aromatic heterocycles. The minimum absolute atomic E-state index is 0.0469. The molecule has 112 valence electrons. The van der Waals surface area contributed by atoms with Crippen LogP contribution in [0.4, 0.5) is 0 Å². The SMILES string of the molecule is CNC(=O)C1CCCCN1C(=O)c1cccc(C(=O)O)n1. The van der Waals surface area contributed by atoms with Crippen LogP contribution in [0.5, 0.6) is 0 Å². The van der Waals surface area contributed by atoms with Crippen molar-refractivity contribution in [2.45, 2.75) is 25.3 Å². The van der Waals surface area contributed by atoms with Crippen LogP contribution in [0.15, 0.2) is 18.2 Å². The lowest BCUT2D eigenvalue weighted by molar-refractivity contribution is -0.126. The summed E-state index contributed by atoms with van der Waals surface area (Å²) < 4.78 is 0. The monoisotopic (exact) mass is 291 g/mol. The van der Waals surface area contributed by atoms with E-state index < -0.39 is 17.9 Å². The van der Waals surface area contributed by atoms with Crippen LogP contribution in [0.25, 0.3) is 0 Å². The zero-order chi connectivity index (χ0) is 15.4. The van der Waals surface area contributed by atoms with Gasteiger partial charge in [-0.2, -0.15) is 0 Å². The number of nitrogens with one attached hydrogen (secondary N) is 1. The Morgan fingerprint density at radius 2 is 2.00 bits per heavy atom. The number of rotatable bonds is 3. The molecule has 1 aromatic rings. The Labute approximate surface area is 122 Å². The van der Waals surface area contributed by atoms with Crippen LogP contribution in [0.3, 0.4) is 0 Å². The lowest BCUT2D eigenvalue weighted by Gasteiger charge is -2.34. The van der Waals surface area contributed by atoms with Gasteiger partial charge in [0.05, 0.1) is 0 Å². The standard InChI is InChI=1S/C14H17N3O4/c1-15-12(18)11-7-2-3-8-17(11)13(19)9-5-4-6-10(16-9)14(20)21/h4-6,11H,2-3,7-8H2,1H3,(H,15,18)(H,20,21). The summed E-state index contributed by atoms with van der Waals surface area (Å²) in [5.74, 6) is -1.81. The molecule has 2 N–H and O–H groups in total. The molecular weight excluding hydrogens is 274 g/mol. The van der Waals surface area contributed by atoms with Crippen molar-refractivity contribution >= 4 is 17.8 Å². The number of hydrogen-bond donors (Lipinski definition) is 2. The van der Waals surface area contributed by atoms with Gasteiger partial charge < -0.3 is 15.3 Å². The van der Waals surface area contributed by atoms with Crippen LogP contribution in [-0.2, 0) is 4.79 Å². The van der Waals surface area contributed by atoms with Crippen LogP contribution in [0, 0.1) is 0 Å².